The Labute approximate surface area is 320 Å². The third-order valence-electron chi connectivity index (χ3n) is 9.56. The standard InChI is InChI=1S/2C16H32O5.C8H6O4/c2*17-12-16(13-18,14-19)11-9-7-5-3-1-2-4-6-8-10-15(20)21;9-7(10)5-2-1-3-6(4-5)8(11)12/h2*17-19H,1-14H2,(H,20,21);1-4H,(H,9,10)(H,11,12). The van der Waals surface area contributed by atoms with Crippen LogP contribution in [0.5, 0.6) is 0 Å². The number of hydrogen-bond acceptors (Lipinski definition) is 10. The average molecular weight is 775 g/mol. The van der Waals surface area contributed by atoms with Crippen LogP contribution in [0.25, 0.3) is 0 Å². The Morgan fingerprint density at radius 3 is 0.852 bits per heavy atom. The second kappa shape index (κ2) is 34.4. The van der Waals surface area contributed by atoms with E-state index in [1.807, 2.05) is 0 Å². The molecule has 1 aromatic carbocycles. The fourth-order valence-corrected chi connectivity index (χ4v) is 5.59. The van der Waals surface area contributed by atoms with Crippen molar-refractivity contribution >= 4 is 23.9 Å². The van der Waals surface area contributed by atoms with Crippen molar-refractivity contribution in [2.24, 2.45) is 10.8 Å². The topological polar surface area (TPSA) is 271 Å². The Morgan fingerprint density at radius 1 is 0.389 bits per heavy atom. The van der Waals surface area contributed by atoms with Crippen molar-refractivity contribution in [1.82, 2.24) is 0 Å². The second-order valence-corrected chi connectivity index (χ2v) is 14.3. The fourth-order valence-electron chi connectivity index (χ4n) is 5.59. The van der Waals surface area contributed by atoms with Gasteiger partial charge in [-0.3, -0.25) is 9.59 Å². The van der Waals surface area contributed by atoms with Gasteiger partial charge in [-0.15, -0.1) is 0 Å². The number of rotatable bonds is 32. The number of carbonyl (C=O) groups is 4. The van der Waals surface area contributed by atoms with E-state index in [9.17, 15) is 49.8 Å². The summed E-state index contributed by atoms with van der Waals surface area (Å²) in [4.78, 5) is 41.4. The first-order valence-corrected chi connectivity index (χ1v) is 19.5. The molecule has 0 saturated carbocycles. The molecule has 1 aromatic rings. The first kappa shape index (κ1) is 53.0. The molecule has 0 aromatic heterocycles. The van der Waals surface area contributed by atoms with E-state index >= 15 is 0 Å². The van der Waals surface area contributed by atoms with Gasteiger partial charge >= 0.3 is 23.9 Å². The van der Waals surface area contributed by atoms with Crippen LogP contribution in [-0.4, -0.2) is 115 Å². The van der Waals surface area contributed by atoms with E-state index in [0.717, 1.165) is 96.0 Å². The van der Waals surface area contributed by atoms with Crippen LogP contribution in [-0.2, 0) is 9.59 Å². The summed E-state index contributed by atoms with van der Waals surface area (Å²) in [6.45, 7) is -1.02. The highest BCUT2D eigenvalue weighted by molar-refractivity contribution is 5.93. The molecule has 14 nitrogen and oxygen atoms in total. The first-order chi connectivity index (χ1) is 25.8. The minimum absolute atomic E-state index is 0.0186. The van der Waals surface area contributed by atoms with Crippen LogP contribution in [0.4, 0.5) is 0 Å². The van der Waals surface area contributed by atoms with Gasteiger partial charge in [-0.1, -0.05) is 109 Å². The molecule has 0 aliphatic carbocycles. The van der Waals surface area contributed by atoms with E-state index in [1.165, 1.54) is 43.9 Å². The third kappa shape index (κ3) is 28.3. The molecule has 0 aliphatic heterocycles. The van der Waals surface area contributed by atoms with E-state index < -0.39 is 34.7 Å². The van der Waals surface area contributed by atoms with Crippen molar-refractivity contribution in [3.63, 3.8) is 0 Å². The van der Waals surface area contributed by atoms with Gasteiger partial charge in [0, 0.05) is 23.7 Å². The SMILES string of the molecule is O=C(O)CCCCCCCCCCCC(CO)(CO)CO.O=C(O)CCCCCCCCCCCC(CO)(CO)CO.O=C(O)c1cccc(C(=O)O)c1. The van der Waals surface area contributed by atoms with Crippen LogP contribution in [0.3, 0.4) is 0 Å². The predicted molar refractivity (Wildman–Crippen MR) is 205 cm³/mol. The van der Waals surface area contributed by atoms with Crippen LogP contribution in [0.1, 0.15) is 162 Å². The Balaban J connectivity index is 0. The van der Waals surface area contributed by atoms with Gasteiger partial charge in [-0.25, -0.2) is 9.59 Å². The Hall–Kier alpha value is -3.14. The zero-order valence-electron chi connectivity index (χ0n) is 32.2. The molecule has 0 saturated heterocycles. The van der Waals surface area contributed by atoms with Gasteiger partial charge in [0.15, 0.2) is 0 Å². The minimum atomic E-state index is -1.13. The lowest BCUT2D eigenvalue weighted by molar-refractivity contribution is -0.138. The molecule has 0 unspecified atom stereocenters. The van der Waals surface area contributed by atoms with Crippen LogP contribution >= 0.6 is 0 Å². The zero-order valence-corrected chi connectivity index (χ0v) is 32.2. The zero-order chi connectivity index (χ0) is 41.1. The van der Waals surface area contributed by atoms with Gasteiger partial charge in [0.1, 0.15) is 0 Å². The van der Waals surface area contributed by atoms with Gasteiger partial charge in [0.25, 0.3) is 0 Å². The number of aliphatic hydroxyl groups excluding tert-OH is 6. The highest BCUT2D eigenvalue weighted by atomic mass is 16.4. The predicted octanol–water partition coefficient (Wildman–Crippen LogP) is 5.73. The van der Waals surface area contributed by atoms with Crippen molar-refractivity contribution in [2.75, 3.05) is 39.6 Å². The molecule has 0 fully saturated rings. The molecular weight excluding hydrogens is 704 g/mol. The summed E-state index contributed by atoms with van der Waals surface area (Å²) in [5.74, 6) is -3.67. The minimum Gasteiger partial charge on any atom is -0.481 e. The van der Waals surface area contributed by atoms with Gasteiger partial charge in [-0.2, -0.15) is 0 Å². The summed E-state index contributed by atoms with van der Waals surface area (Å²) in [5, 5.41) is 89.2. The molecule has 0 aliphatic rings. The highest BCUT2D eigenvalue weighted by Crippen LogP contribution is 2.25. The van der Waals surface area contributed by atoms with Crippen LogP contribution < -0.4 is 0 Å². The molecule has 14 heteroatoms. The second-order valence-electron chi connectivity index (χ2n) is 14.3. The lowest BCUT2D eigenvalue weighted by Crippen LogP contribution is -2.33. The van der Waals surface area contributed by atoms with Crippen molar-refractivity contribution in [3.05, 3.63) is 35.4 Å². The molecular formula is C40H70O14. The van der Waals surface area contributed by atoms with E-state index in [4.69, 9.17) is 20.4 Å². The summed E-state index contributed by atoms with van der Waals surface area (Å²) in [7, 11) is 0. The van der Waals surface area contributed by atoms with Crippen LogP contribution in [0, 0.1) is 10.8 Å². The first-order valence-electron chi connectivity index (χ1n) is 19.5. The number of carboxylic acid groups (broad SMARTS) is 4. The lowest BCUT2D eigenvalue weighted by Gasteiger charge is -2.27. The van der Waals surface area contributed by atoms with Crippen LogP contribution in [0.15, 0.2) is 24.3 Å². The van der Waals surface area contributed by atoms with Crippen molar-refractivity contribution in [2.45, 2.75) is 141 Å². The van der Waals surface area contributed by atoms with E-state index in [2.05, 4.69) is 0 Å². The smallest absolute Gasteiger partial charge is 0.335 e. The quantitative estimate of drug-likeness (QED) is 0.0392. The number of aliphatic carboxylic acids is 2. The maximum absolute atomic E-state index is 10.4. The largest absolute Gasteiger partial charge is 0.481 e. The normalized spacial score (nSPS) is 11.2. The summed E-state index contributed by atoms with van der Waals surface area (Å²) in [6.07, 6.45) is 20.9. The molecule has 1 rings (SSSR count). The monoisotopic (exact) mass is 774 g/mol. The van der Waals surface area contributed by atoms with E-state index in [1.54, 1.807) is 0 Å². The fraction of sp³-hybridized carbons (Fsp3) is 0.750. The number of hydrogen-bond donors (Lipinski definition) is 10. The number of benzene rings is 1. The maximum Gasteiger partial charge on any atom is 0.335 e. The number of carboxylic acids is 4. The molecule has 0 spiro atoms. The Kier molecular flexibility index (Phi) is 33.7. The summed E-state index contributed by atoms with van der Waals surface area (Å²) < 4.78 is 0. The Bertz CT molecular complexity index is 1000. The summed E-state index contributed by atoms with van der Waals surface area (Å²) in [5.41, 5.74) is -1.47. The molecule has 54 heavy (non-hydrogen) atoms. The Morgan fingerprint density at radius 2 is 0.630 bits per heavy atom. The van der Waals surface area contributed by atoms with Gasteiger partial charge in [-0.05, 0) is 43.9 Å². The van der Waals surface area contributed by atoms with Gasteiger partial charge < -0.3 is 51.1 Å². The number of aromatic carboxylic acids is 2. The summed E-state index contributed by atoms with van der Waals surface area (Å²) >= 11 is 0. The van der Waals surface area contributed by atoms with E-state index in [-0.39, 0.29) is 63.6 Å². The average Bonchev–Trinajstić information content (AvgIpc) is 3.16. The molecule has 0 bridgehead atoms. The molecule has 314 valence electrons. The lowest BCUT2D eigenvalue weighted by atomic mass is 9.85. The molecule has 0 atom stereocenters. The van der Waals surface area contributed by atoms with Crippen molar-refractivity contribution < 1.29 is 70.2 Å². The van der Waals surface area contributed by atoms with Gasteiger partial charge in [0.2, 0.25) is 0 Å². The highest BCUT2D eigenvalue weighted by Gasteiger charge is 2.28. The van der Waals surface area contributed by atoms with Crippen molar-refractivity contribution in [3.8, 4) is 0 Å². The number of aliphatic hydroxyl groups is 6. The third-order valence-corrected chi connectivity index (χ3v) is 9.56. The number of unbranched alkanes of at least 4 members (excludes halogenated alkanes) is 16. The van der Waals surface area contributed by atoms with Gasteiger partial charge in [0.05, 0.1) is 50.8 Å². The van der Waals surface area contributed by atoms with E-state index in [0.29, 0.717) is 12.8 Å². The molecule has 0 amide bonds. The van der Waals surface area contributed by atoms with Crippen LogP contribution in [0.2, 0.25) is 0 Å². The molecule has 0 radical (unpaired) electrons. The maximum atomic E-state index is 10.4. The summed E-state index contributed by atoms with van der Waals surface area (Å²) in [6, 6.07) is 5.20. The molecule has 0 heterocycles. The molecule has 10 N–H and O–H groups in total. The van der Waals surface area contributed by atoms with Crippen molar-refractivity contribution in [1.29, 1.82) is 0 Å².